The van der Waals surface area contributed by atoms with Crippen LogP contribution in [0, 0.1) is 0 Å². The van der Waals surface area contributed by atoms with Crippen LogP contribution in [0.4, 0.5) is 0 Å². The van der Waals surface area contributed by atoms with Gasteiger partial charge >= 0.3 is 0 Å². The normalized spacial score (nSPS) is 17.8. The maximum Gasteiger partial charge on any atom is 0.251 e. The summed E-state index contributed by atoms with van der Waals surface area (Å²) >= 11 is 0. The third kappa shape index (κ3) is 1.98. The van der Waals surface area contributed by atoms with Crippen molar-refractivity contribution in [3.05, 3.63) is 24.3 Å². The monoisotopic (exact) mass is 176 g/mol. The molecule has 0 aromatic carbocycles. The zero-order valence-corrected chi connectivity index (χ0v) is 7.85. The van der Waals surface area contributed by atoms with Gasteiger partial charge in [-0.2, -0.15) is 5.10 Å². The zero-order chi connectivity index (χ0) is 9.10. The summed E-state index contributed by atoms with van der Waals surface area (Å²) in [6, 6.07) is 0. The lowest BCUT2D eigenvalue weighted by atomic mass is 10.2. The van der Waals surface area contributed by atoms with Gasteiger partial charge in [0.15, 0.2) is 0 Å². The van der Waals surface area contributed by atoms with E-state index in [1.165, 1.54) is 0 Å². The maximum atomic E-state index is 4.20. The maximum absolute atomic E-state index is 4.20. The first-order chi connectivity index (χ1) is 6.36. The predicted octanol–water partition coefficient (Wildman–Crippen LogP) is -0.564. The van der Waals surface area contributed by atoms with Gasteiger partial charge in [-0.15, -0.1) is 0 Å². The number of rotatable bonds is 2. The van der Waals surface area contributed by atoms with Crippen molar-refractivity contribution in [3.8, 4) is 0 Å². The highest BCUT2D eigenvalue weighted by molar-refractivity contribution is 6.05. The zero-order valence-electron chi connectivity index (χ0n) is 7.85. The van der Waals surface area contributed by atoms with Crippen molar-refractivity contribution >= 4 is 7.98 Å². The van der Waals surface area contributed by atoms with Gasteiger partial charge in [-0.05, 0) is 6.42 Å². The molecular weight excluding hydrogens is 163 g/mol. The summed E-state index contributed by atoms with van der Waals surface area (Å²) in [7, 11) is 1.93. The Kier molecular flexibility index (Phi) is 2.45. The van der Waals surface area contributed by atoms with E-state index in [1.54, 1.807) is 6.33 Å². The number of aromatic nitrogens is 3. The Labute approximate surface area is 78.7 Å². The Morgan fingerprint density at radius 3 is 3.00 bits per heavy atom. The van der Waals surface area contributed by atoms with Crippen LogP contribution in [0.5, 0.6) is 0 Å². The lowest BCUT2D eigenvalue weighted by Gasteiger charge is -2.22. The van der Waals surface area contributed by atoms with E-state index in [2.05, 4.69) is 27.1 Å². The van der Waals surface area contributed by atoms with Crippen LogP contribution in [0.3, 0.4) is 0 Å². The minimum atomic E-state index is 0.904. The molecule has 0 fully saturated rings. The standard InChI is InChI=1S/C8H13BN4/c9-13-8(10-7-11-13)6-12-4-2-1-3-5-12/h1-2,7H,3-6,9H2. The molecule has 5 heteroatoms. The fourth-order valence-electron chi connectivity index (χ4n) is 1.50. The minimum absolute atomic E-state index is 0.904. The molecule has 1 aliphatic heterocycles. The SMILES string of the molecule is Bn1ncnc1CN1CC=CCC1. The molecule has 0 bridgehead atoms. The molecule has 0 amide bonds. The van der Waals surface area contributed by atoms with E-state index in [-0.39, 0.29) is 0 Å². The highest BCUT2D eigenvalue weighted by atomic mass is 15.3. The van der Waals surface area contributed by atoms with Gasteiger partial charge in [-0.3, -0.25) is 4.90 Å². The topological polar surface area (TPSA) is 34.0 Å². The second-order valence-electron chi connectivity index (χ2n) is 3.30. The summed E-state index contributed by atoms with van der Waals surface area (Å²) in [5.74, 6) is 1.04. The van der Waals surface area contributed by atoms with Crippen LogP contribution >= 0.6 is 0 Å². The molecular formula is C8H13BN4. The van der Waals surface area contributed by atoms with Crippen molar-refractivity contribution in [2.45, 2.75) is 13.0 Å². The largest absolute Gasteiger partial charge is 0.306 e. The summed E-state index contributed by atoms with van der Waals surface area (Å²) in [6.45, 7) is 3.07. The Balaban J connectivity index is 1.98. The van der Waals surface area contributed by atoms with Gasteiger partial charge in [-0.25, -0.2) is 4.98 Å². The Hall–Kier alpha value is -1.10. The van der Waals surface area contributed by atoms with E-state index in [4.69, 9.17) is 0 Å². The molecule has 4 nitrogen and oxygen atoms in total. The first kappa shape index (κ1) is 8.50. The van der Waals surface area contributed by atoms with Gasteiger partial charge in [0.05, 0.1) is 6.54 Å². The molecule has 68 valence electrons. The molecule has 0 unspecified atom stereocenters. The lowest BCUT2D eigenvalue weighted by molar-refractivity contribution is 0.282. The van der Waals surface area contributed by atoms with Crippen molar-refractivity contribution in [3.63, 3.8) is 0 Å². The van der Waals surface area contributed by atoms with Gasteiger partial charge in [-0.1, -0.05) is 12.2 Å². The van der Waals surface area contributed by atoms with Gasteiger partial charge in [0.25, 0.3) is 7.98 Å². The van der Waals surface area contributed by atoms with E-state index in [0.717, 1.165) is 31.9 Å². The summed E-state index contributed by atoms with van der Waals surface area (Å²) in [5.41, 5.74) is 0. The van der Waals surface area contributed by atoms with Crippen LogP contribution < -0.4 is 0 Å². The predicted molar refractivity (Wildman–Crippen MR) is 53.0 cm³/mol. The average Bonchev–Trinajstić information content (AvgIpc) is 2.54. The molecule has 0 atom stereocenters. The van der Waals surface area contributed by atoms with Crippen LogP contribution in [0.1, 0.15) is 12.2 Å². The van der Waals surface area contributed by atoms with Gasteiger partial charge in [0.1, 0.15) is 12.2 Å². The molecule has 1 aromatic heterocycles. The molecule has 13 heavy (non-hydrogen) atoms. The highest BCUT2D eigenvalue weighted by Crippen LogP contribution is 2.05. The lowest BCUT2D eigenvalue weighted by Crippen LogP contribution is -2.28. The highest BCUT2D eigenvalue weighted by Gasteiger charge is 2.09. The van der Waals surface area contributed by atoms with Crippen molar-refractivity contribution < 1.29 is 0 Å². The fraction of sp³-hybridized carbons (Fsp3) is 0.500. The average molecular weight is 176 g/mol. The molecule has 1 aromatic rings. The molecule has 0 aliphatic carbocycles. The van der Waals surface area contributed by atoms with Crippen molar-refractivity contribution in [2.24, 2.45) is 0 Å². The molecule has 0 spiro atoms. The summed E-state index contributed by atoms with van der Waals surface area (Å²) in [4.78, 5) is 6.56. The Bertz CT molecular complexity index is 307. The summed E-state index contributed by atoms with van der Waals surface area (Å²) < 4.78 is 1.83. The fourth-order valence-corrected chi connectivity index (χ4v) is 1.50. The van der Waals surface area contributed by atoms with Crippen LogP contribution in [-0.2, 0) is 6.54 Å². The number of hydrogen-bond acceptors (Lipinski definition) is 3. The smallest absolute Gasteiger partial charge is 0.251 e. The first-order valence-corrected chi connectivity index (χ1v) is 4.56. The van der Waals surface area contributed by atoms with Crippen LogP contribution in [0.2, 0.25) is 0 Å². The van der Waals surface area contributed by atoms with E-state index < -0.39 is 0 Å². The van der Waals surface area contributed by atoms with E-state index >= 15 is 0 Å². The molecule has 0 radical (unpaired) electrons. The summed E-state index contributed by atoms with van der Waals surface area (Å²) in [5, 5.41) is 4.04. The third-order valence-corrected chi connectivity index (χ3v) is 2.31. The molecule has 1 aliphatic rings. The van der Waals surface area contributed by atoms with Crippen LogP contribution in [0.15, 0.2) is 18.5 Å². The van der Waals surface area contributed by atoms with E-state index in [0.29, 0.717) is 0 Å². The Morgan fingerprint density at radius 1 is 1.46 bits per heavy atom. The molecule has 0 N–H and O–H groups in total. The molecule has 2 rings (SSSR count). The van der Waals surface area contributed by atoms with Crippen molar-refractivity contribution in [1.82, 2.24) is 19.6 Å². The van der Waals surface area contributed by atoms with Crippen molar-refractivity contribution in [1.29, 1.82) is 0 Å². The summed E-state index contributed by atoms with van der Waals surface area (Å²) in [6.07, 6.45) is 7.19. The van der Waals surface area contributed by atoms with Gasteiger partial charge < -0.3 is 4.59 Å². The third-order valence-electron chi connectivity index (χ3n) is 2.31. The second-order valence-corrected chi connectivity index (χ2v) is 3.30. The first-order valence-electron chi connectivity index (χ1n) is 4.56. The quantitative estimate of drug-likeness (QED) is 0.447. The van der Waals surface area contributed by atoms with Crippen LogP contribution in [0.25, 0.3) is 0 Å². The molecule has 0 saturated heterocycles. The number of nitrogens with zero attached hydrogens (tertiary/aromatic N) is 4. The minimum Gasteiger partial charge on any atom is -0.306 e. The molecule has 0 saturated carbocycles. The Morgan fingerprint density at radius 2 is 2.38 bits per heavy atom. The van der Waals surface area contributed by atoms with Gasteiger partial charge in [0, 0.05) is 13.1 Å². The number of hydrogen-bond donors (Lipinski definition) is 0. The van der Waals surface area contributed by atoms with Gasteiger partial charge in [0.2, 0.25) is 0 Å². The second kappa shape index (κ2) is 3.74. The van der Waals surface area contributed by atoms with Crippen LogP contribution in [-0.4, -0.2) is 40.6 Å². The molecule has 2 heterocycles. The van der Waals surface area contributed by atoms with E-state index in [1.807, 2.05) is 12.6 Å². The van der Waals surface area contributed by atoms with E-state index in [9.17, 15) is 0 Å². The van der Waals surface area contributed by atoms with Crippen molar-refractivity contribution in [2.75, 3.05) is 13.1 Å².